The highest BCUT2D eigenvalue weighted by Crippen LogP contribution is 2.42. The smallest absolute Gasteiger partial charge is 0.227 e. The van der Waals surface area contributed by atoms with E-state index in [0.717, 1.165) is 40.6 Å². The molecular formula is C21H26N4O3S. The Morgan fingerprint density at radius 3 is 2.76 bits per heavy atom. The Hall–Kier alpha value is -2.48. The molecule has 0 saturated carbocycles. The summed E-state index contributed by atoms with van der Waals surface area (Å²) >= 11 is 1.64. The number of fused-ring (bicyclic) bond motifs is 1. The second kappa shape index (κ2) is 8.10. The van der Waals surface area contributed by atoms with Gasteiger partial charge in [0.15, 0.2) is 17.3 Å². The van der Waals surface area contributed by atoms with Crippen LogP contribution < -0.4 is 14.8 Å². The zero-order valence-electron chi connectivity index (χ0n) is 17.2. The molecule has 2 aliphatic rings. The van der Waals surface area contributed by atoms with Crippen LogP contribution >= 0.6 is 11.8 Å². The summed E-state index contributed by atoms with van der Waals surface area (Å²) in [5.74, 6) is 3.62. The van der Waals surface area contributed by atoms with Gasteiger partial charge in [0, 0.05) is 23.4 Å². The molecule has 0 radical (unpaired) electrons. The van der Waals surface area contributed by atoms with E-state index < -0.39 is 0 Å². The fourth-order valence-corrected chi connectivity index (χ4v) is 4.55. The van der Waals surface area contributed by atoms with Crippen molar-refractivity contribution in [2.45, 2.75) is 44.3 Å². The number of nitrogens with zero attached hydrogens (tertiary/aromatic N) is 3. The summed E-state index contributed by atoms with van der Waals surface area (Å²) in [5.41, 5.74) is 2.67. The SMILES string of the molecule is COc1ccc([C@@H]2C3=C(CCCC3=O)Nc3nc(SCC(C)C)nn32)cc1OC. The molecule has 4 rings (SSSR count). The number of rotatable bonds is 6. The van der Waals surface area contributed by atoms with Gasteiger partial charge in [-0.1, -0.05) is 31.7 Å². The Morgan fingerprint density at radius 2 is 2.03 bits per heavy atom. The third-order valence-corrected chi connectivity index (χ3v) is 6.38. The van der Waals surface area contributed by atoms with E-state index in [2.05, 4.69) is 19.2 Å². The van der Waals surface area contributed by atoms with E-state index in [-0.39, 0.29) is 11.8 Å². The molecule has 0 unspecified atom stereocenters. The van der Waals surface area contributed by atoms with Gasteiger partial charge in [-0.25, -0.2) is 4.68 Å². The first-order chi connectivity index (χ1) is 14.0. The topological polar surface area (TPSA) is 78.3 Å². The molecule has 7 nitrogen and oxygen atoms in total. The molecule has 1 aliphatic carbocycles. The number of anilines is 1. The van der Waals surface area contributed by atoms with Crippen molar-refractivity contribution in [2.24, 2.45) is 5.92 Å². The summed E-state index contributed by atoms with van der Waals surface area (Å²) in [6.07, 6.45) is 2.25. The van der Waals surface area contributed by atoms with E-state index in [0.29, 0.717) is 29.8 Å². The number of benzene rings is 1. The summed E-state index contributed by atoms with van der Waals surface area (Å²) in [6, 6.07) is 5.44. The van der Waals surface area contributed by atoms with Crippen LogP contribution in [0.1, 0.15) is 44.7 Å². The van der Waals surface area contributed by atoms with Crippen molar-refractivity contribution in [3.05, 3.63) is 35.0 Å². The number of hydrogen-bond acceptors (Lipinski definition) is 7. The first-order valence-corrected chi connectivity index (χ1v) is 10.8. The quantitative estimate of drug-likeness (QED) is 0.714. The van der Waals surface area contributed by atoms with Crippen molar-refractivity contribution in [3.63, 3.8) is 0 Å². The number of ether oxygens (including phenoxy) is 2. The van der Waals surface area contributed by atoms with Gasteiger partial charge < -0.3 is 14.8 Å². The summed E-state index contributed by atoms with van der Waals surface area (Å²) in [7, 11) is 3.23. The number of ketones is 1. The van der Waals surface area contributed by atoms with Crippen molar-refractivity contribution >= 4 is 23.5 Å². The second-order valence-corrected chi connectivity index (χ2v) is 8.67. The lowest BCUT2D eigenvalue weighted by molar-refractivity contribution is -0.116. The first-order valence-electron chi connectivity index (χ1n) is 9.86. The molecule has 0 bridgehead atoms. The number of carbonyl (C=O) groups is 1. The number of thioether (sulfide) groups is 1. The van der Waals surface area contributed by atoms with Crippen LogP contribution in [-0.4, -0.2) is 40.5 Å². The Morgan fingerprint density at radius 1 is 1.24 bits per heavy atom. The molecule has 0 spiro atoms. The van der Waals surface area contributed by atoms with Crippen LogP contribution in [0.3, 0.4) is 0 Å². The first kappa shape index (κ1) is 19.8. The number of Topliss-reactive ketones (excluding diaryl/α,β-unsaturated/α-hetero) is 1. The van der Waals surface area contributed by atoms with Crippen LogP contribution in [0, 0.1) is 5.92 Å². The fourth-order valence-electron chi connectivity index (χ4n) is 3.77. The lowest BCUT2D eigenvalue weighted by Gasteiger charge is -2.32. The average Bonchev–Trinajstić information content (AvgIpc) is 3.13. The molecule has 1 atom stereocenters. The minimum Gasteiger partial charge on any atom is -0.493 e. The van der Waals surface area contributed by atoms with Crippen LogP contribution in [0.5, 0.6) is 11.5 Å². The van der Waals surface area contributed by atoms with Crippen molar-refractivity contribution < 1.29 is 14.3 Å². The Balaban J connectivity index is 1.81. The maximum atomic E-state index is 12.9. The van der Waals surface area contributed by atoms with Gasteiger partial charge in [0.1, 0.15) is 6.04 Å². The lowest BCUT2D eigenvalue weighted by Crippen LogP contribution is -2.31. The van der Waals surface area contributed by atoms with Crippen LogP contribution in [0.2, 0.25) is 0 Å². The molecule has 154 valence electrons. The monoisotopic (exact) mass is 414 g/mol. The third-order valence-electron chi connectivity index (χ3n) is 5.12. The van der Waals surface area contributed by atoms with Gasteiger partial charge in [0.2, 0.25) is 11.1 Å². The van der Waals surface area contributed by atoms with Gasteiger partial charge in [0.05, 0.1) is 14.2 Å². The molecular weight excluding hydrogens is 388 g/mol. The summed E-state index contributed by atoms with van der Waals surface area (Å²) in [4.78, 5) is 17.6. The Kier molecular flexibility index (Phi) is 5.54. The number of allylic oxidation sites excluding steroid dienone is 2. The van der Waals surface area contributed by atoms with E-state index in [9.17, 15) is 4.79 Å². The van der Waals surface area contributed by atoms with Gasteiger partial charge in [-0.15, -0.1) is 5.10 Å². The number of hydrogen-bond donors (Lipinski definition) is 1. The molecule has 1 N–H and O–H groups in total. The second-order valence-electron chi connectivity index (χ2n) is 7.68. The zero-order chi connectivity index (χ0) is 20.5. The van der Waals surface area contributed by atoms with Crippen LogP contribution in [0.25, 0.3) is 0 Å². The van der Waals surface area contributed by atoms with Crippen molar-refractivity contribution in [1.82, 2.24) is 14.8 Å². The van der Waals surface area contributed by atoms with E-state index in [4.69, 9.17) is 19.6 Å². The van der Waals surface area contributed by atoms with Gasteiger partial charge in [0.25, 0.3) is 0 Å². The average molecular weight is 415 g/mol. The normalized spacial score (nSPS) is 18.4. The molecule has 0 fully saturated rings. The maximum absolute atomic E-state index is 12.9. The highest BCUT2D eigenvalue weighted by molar-refractivity contribution is 7.99. The van der Waals surface area contributed by atoms with Crippen molar-refractivity contribution in [3.8, 4) is 11.5 Å². The predicted octanol–water partition coefficient (Wildman–Crippen LogP) is 4.07. The molecule has 29 heavy (non-hydrogen) atoms. The predicted molar refractivity (Wildman–Crippen MR) is 113 cm³/mol. The van der Waals surface area contributed by atoms with Crippen molar-refractivity contribution in [1.29, 1.82) is 0 Å². The third kappa shape index (κ3) is 3.73. The van der Waals surface area contributed by atoms with Gasteiger partial charge in [-0.3, -0.25) is 4.79 Å². The lowest BCUT2D eigenvalue weighted by atomic mass is 9.85. The number of nitrogens with one attached hydrogen (secondary N) is 1. The van der Waals surface area contributed by atoms with Crippen molar-refractivity contribution in [2.75, 3.05) is 25.3 Å². The molecule has 0 saturated heterocycles. The number of carbonyl (C=O) groups excluding carboxylic acids is 1. The highest BCUT2D eigenvalue weighted by Gasteiger charge is 2.37. The molecule has 8 heteroatoms. The molecule has 2 aromatic rings. The summed E-state index contributed by atoms with van der Waals surface area (Å²) in [5, 5.41) is 8.84. The fraction of sp³-hybridized carbons (Fsp3) is 0.476. The Bertz CT molecular complexity index is 967. The Labute approximate surface area is 174 Å². The molecule has 1 aromatic heterocycles. The minimum absolute atomic E-state index is 0.163. The molecule has 2 heterocycles. The standard InChI is InChI=1S/C21H26N4O3S/c1-12(2)11-29-21-23-20-22-14-6-5-7-15(26)18(14)19(25(20)24-21)13-8-9-16(27-3)17(10-13)28-4/h8-10,12,19H,5-7,11H2,1-4H3,(H,22,23,24)/t19-/m1/s1. The van der Waals surface area contributed by atoms with Crippen LogP contribution in [-0.2, 0) is 4.79 Å². The summed E-state index contributed by atoms with van der Waals surface area (Å²) in [6.45, 7) is 4.35. The minimum atomic E-state index is -0.324. The van der Waals surface area contributed by atoms with Crippen LogP contribution in [0.4, 0.5) is 5.95 Å². The zero-order valence-corrected chi connectivity index (χ0v) is 18.0. The summed E-state index contributed by atoms with van der Waals surface area (Å²) < 4.78 is 12.7. The maximum Gasteiger partial charge on any atom is 0.227 e. The van der Waals surface area contributed by atoms with E-state index in [1.54, 1.807) is 26.0 Å². The van der Waals surface area contributed by atoms with Gasteiger partial charge >= 0.3 is 0 Å². The molecule has 1 aliphatic heterocycles. The number of methoxy groups -OCH3 is 2. The van der Waals surface area contributed by atoms with E-state index in [1.165, 1.54) is 0 Å². The van der Waals surface area contributed by atoms with Gasteiger partial charge in [-0.2, -0.15) is 4.98 Å². The number of aromatic nitrogens is 3. The molecule has 0 amide bonds. The highest BCUT2D eigenvalue weighted by atomic mass is 32.2. The van der Waals surface area contributed by atoms with E-state index in [1.807, 2.05) is 22.9 Å². The van der Waals surface area contributed by atoms with Gasteiger partial charge in [-0.05, 0) is 36.5 Å². The van der Waals surface area contributed by atoms with E-state index >= 15 is 0 Å². The molecule has 1 aromatic carbocycles. The largest absolute Gasteiger partial charge is 0.493 e. The van der Waals surface area contributed by atoms with Crippen LogP contribution in [0.15, 0.2) is 34.6 Å².